The van der Waals surface area contributed by atoms with E-state index in [2.05, 4.69) is 9.47 Å². The molecular formula is C5H8N2O4. The number of ether oxygens (including phenoxy) is 2. The first-order chi connectivity index (χ1) is 5.20. The molecule has 1 atom stereocenters. The van der Waals surface area contributed by atoms with Gasteiger partial charge in [0.2, 0.25) is 0 Å². The summed E-state index contributed by atoms with van der Waals surface area (Å²) in [5, 5.41) is 21.7. The van der Waals surface area contributed by atoms with Gasteiger partial charge in [0.05, 0.1) is 7.11 Å². The number of nitrogens with zero attached hydrogens (tertiary/aromatic N) is 2. The van der Waals surface area contributed by atoms with Crippen molar-refractivity contribution in [1.29, 1.82) is 0 Å². The quantitative estimate of drug-likeness (QED) is 0.367. The molecule has 0 radical (unpaired) electrons. The summed E-state index contributed by atoms with van der Waals surface area (Å²) in [5.41, 5.74) is 0. The first-order valence-corrected chi connectivity index (χ1v) is 2.91. The minimum Gasteiger partial charge on any atom is -0.617 e. The van der Waals surface area contributed by atoms with Gasteiger partial charge in [0, 0.05) is 7.11 Å². The summed E-state index contributed by atoms with van der Waals surface area (Å²) < 4.78 is 9.88. The molecule has 1 aliphatic rings. The van der Waals surface area contributed by atoms with Gasteiger partial charge in [0.1, 0.15) is 0 Å². The maximum absolute atomic E-state index is 10.9. The summed E-state index contributed by atoms with van der Waals surface area (Å²) in [7, 11) is 2.58. The Morgan fingerprint density at radius 3 is 2.36 bits per heavy atom. The molecule has 0 saturated carbocycles. The second-order valence-corrected chi connectivity index (χ2v) is 1.92. The summed E-state index contributed by atoms with van der Waals surface area (Å²) in [5.74, 6) is -0.0492. The summed E-state index contributed by atoms with van der Waals surface area (Å²) in [6, 6.07) is 0. The van der Waals surface area contributed by atoms with Crippen LogP contribution in [0.5, 0.6) is 0 Å². The highest BCUT2D eigenvalue weighted by atomic mass is 16.7. The fraction of sp³-hybridized carbons (Fsp3) is 0.600. The zero-order valence-corrected chi connectivity index (χ0v) is 6.18. The highest BCUT2D eigenvalue weighted by Gasteiger charge is 2.36. The van der Waals surface area contributed by atoms with Crippen LogP contribution >= 0.6 is 0 Å². The molecule has 0 aromatic carbocycles. The van der Waals surface area contributed by atoms with Crippen LogP contribution in [-0.2, 0) is 9.47 Å². The third kappa shape index (κ3) is 1.12. The van der Waals surface area contributed by atoms with Gasteiger partial charge in [-0.25, -0.2) is 0 Å². The van der Waals surface area contributed by atoms with E-state index in [1.54, 1.807) is 0 Å². The van der Waals surface area contributed by atoms with E-state index in [4.69, 9.17) is 0 Å². The van der Waals surface area contributed by atoms with E-state index in [1.165, 1.54) is 14.2 Å². The highest BCUT2D eigenvalue weighted by Crippen LogP contribution is 2.00. The Hall–Kier alpha value is -1.30. The topological polar surface area (TPSA) is 70.6 Å². The van der Waals surface area contributed by atoms with E-state index in [0.717, 1.165) is 6.21 Å². The van der Waals surface area contributed by atoms with Crippen LogP contribution in [-0.4, -0.2) is 42.2 Å². The van der Waals surface area contributed by atoms with Crippen molar-refractivity contribution in [3.8, 4) is 0 Å². The molecule has 1 rings (SSSR count). The van der Waals surface area contributed by atoms with Gasteiger partial charge in [-0.3, -0.25) is 4.74 Å². The van der Waals surface area contributed by atoms with E-state index >= 15 is 0 Å². The second kappa shape index (κ2) is 2.75. The van der Waals surface area contributed by atoms with Crippen molar-refractivity contribution in [2.75, 3.05) is 14.2 Å². The standard InChI is InChI=1S/C5H8N2O4/c1-10-4-3-6(8)5(11-2)7(4)9/h3,5H,1-2H3. The fourth-order valence-corrected chi connectivity index (χ4v) is 0.784. The summed E-state index contributed by atoms with van der Waals surface area (Å²) in [6.45, 7) is 0. The van der Waals surface area contributed by atoms with Crippen molar-refractivity contribution in [1.82, 2.24) is 0 Å². The number of hydrogen-bond donors (Lipinski definition) is 0. The number of methoxy groups -OCH3 is 2. The van der Waals surface area contributed by atoms with Crippen molar-refractivity contribution < 1.29 is 19.0 Å². The Kier molecular flexibility index (Phi) is 1.95. The molecule has 0 aliphatic carbocycles. The lowest BCUT2D eigenvalue weighted by atomic mass is 10.7. The van der Waals surface area contributed by atoms with Gasteiger partial charge in [-0.15, -0.1) is 4.74 Å². The second-order valence-electron chi connectivity index (χ2n) is 1.92. The maximum Gasteiger partial charge on any atom is 0.488 e. The van der Waals surface area contributed by atoms with Gasteiger partial charge in [-0.05, 0) is 0 Å². The van der Waals surface area contributed by atoms with Crippen LogP contribution in [0.15, 0.2) is 0 Å². The van der Waals surface area contributed by atoms with Crippen LogP contribution in [0.4, 0.5) is 0 Å². The van der Waals surface area contributed by atoms with Crippen molar-refractivity contribution in [2.45, 2.75) is 6.35 Å². The van der Waals surface area contributed by atoms with Crippen LogP contribution < -0.4 is 0 Å². The monoisotopic (exact) mass is 160 g/mol. The molecule has 6 nitrogen and oxygen atoms in total. The van der Waals surface area contributed by atoms with Gasteiger partial charge in [0.15, 0.2) is 0 Å². The van der Waals surface area contributed by atoms with Crippen molar-refractivity contribution in [2.24, 2.45) is 0 Å². The predicted molar refractivity (Wildman–Crippen MR) is 36.1 cm³/mol. The molecule has 1 unspecified atom stereocenters. The molecule has 11 heavy (non-hydrogen) atoms. The number of hydroxylamine groups is 2. The SMILES string of the molecule is COC1=[N+]([O-])C(OC)[N+]([O-])=C1. The largest absolute Gasteiger partial charge is 0.617 e. The molecule has 0 amide bonds. The third-order valence-electron chi connectivity index (χ3n) is 1.29. The molecule has 0 bridgehead atoms. The Labute approximate surface area is 63.1 Å². The molecule has 0 spiro atoms. The molecule has 6 heteroatoms. The maximum atomic E-state index is 10.9. The lowest BCUT2D eigenvalue weighted by Gasteiger charge is -2.07. The molecule has 0 aromatic heterocycles. The van der Waals surface area contributed by atoms with E-state index in [9.17, 15) is 10.4 Å². The fourth-order valence-electron chi connectivity index (χ4n) is 0.784. The molecule has 1 heterocycles. The van der Waals surface area contributed by atoms with E-state index in [1.807, 2.05) is 0 Å². The molecule has 62 valence electrons. The predicted octanol–water partition coefficient (Wildman–Crippen LogP) is -0.934. The molecule has 0 saturated heterocycles. The first kappa shape index (κ1) is 7.80. The molecule has 1 aliphatic heterocycles. The summed E-state index contributed by atoms with van der Waals surface area (Å²) in [4.78, 5) is 0. The van der Waals surface area contributed by atoms with Crippen LogP contribution in [0.2, 0.25) is 0 Å². The number of rotatable bonds is 1. The summed E-state index contributed by atoms with van der Waals surface area (Å²) >= 11 is 0. The molecule has 0 fully saturated rings. The zero-order chi connectivity index (χ0) is 8.43. The zero-order valence-electron chi connectivity index (χ0n) is 6.18. The Morgan fingerprint density at radius 2 is 2.09 bits per heavy atom. The molecular weight excluding hydrogens is 152 g/mol. The molecule has 0 N–H and O–H groups in total. The van der Waals surface area contributed by atoms with E-state index in [0.29, 0.717) is 9.48 Å². The average Bonchev–Trinajstić information content (AvgIpc) is 2.26. The van der Waals surface area contributed by atoms with Crippen molar-refractivity contribution in [3.05, 3.63) is 10.4 Å². The Bertz CT molecular complexity index is 223. The smallest absolute Gasteiger partial charge is 0.488 e. The minimum atomic E-state index is -1.15. The molecule has 0 aromatic rings. The lowest BCUT2D eigenvalue weighted by Crippen LogP contribution is -2.29. The van der Waals surface area contributed by atoms with Crippen LogP contribution in [0.25, 0.3) is 0 Å². The third-order valence-corrected chi connectivity index (χ3v) is 1.29. The van der Waals surface area contributed by atoms with E-state index < -0.39 is 6.35 Å². The van der Waals surface area contributed by atoms with Gasteiger partial charge in [-0.1, -0.05) is 4.74 Å². The van der Waals surface area contributed by atoms with Crippen LogP contribution in [0.1, 0.15) is 0 Å². The van der Waals surface area contributed by atoms with E-state index in [-0.39, 0.29) is 5.90 Å². The van der Waals surface area contributed by atoms with Gasteiger partial charge < -0.3 is 15.2 Å². The lowest BCUT2D eigenvalue weighted by molar-refractivity contribution is -0.760. The Balaban J connectivity index is 2.86. The highest BCUT2D eigenvalue weighted by molar-refractivity contribution is 6.22. The average molecular weight is 160 g/mol. The van der Waals surface area contributed by atoms with Crippen molar-refractivity contribution in [3.63, 3.8) is 0 Å². The van der Waals surface area contributed by atoms with Gasteiger partial charge in [-0.2, -0.15) is 0 Å². The normalized spacial score (nSPS) is 23.8. The minimum absolute atomic E-state index is 0.0492. The van der Waals surface area contributed by atoms with Crippen molar-refractivity contribution >= 4 is 12.1 Å². The van der Waals surface area contributed by atoms with Crippen LogP contribution in [0.3, 0.4) is 0 Å². The van der Waals surface area contributed by atoms with Crippen LogP contribution in [0, 0.1) is 10.4 Å². The first-order valence-electron chi connectivity index (χ1n) is 2.91. The summed E-state index contributed by atoms with van der Waals surface area (Å²) in [6.07, 6.45) is -0.119. The number of hydrogen-bond acceptors (Lipinski definition) is 4. The Morgan fingerprint density at radius 1 is 1.45 bits per heavy atom. The van der Waals surface area contributed by atoms with Gasteiger partial charge in [0.25, 0.3) is 6.21 Å². The van der Waals surface area contributed by atoms with Gasteiger partial charge >= 0.3 is 12.2 Å².